The smallest absolute Gasteiger partial charge is 0.299 e. The van der Waals surface area contributed by atoms with Crippen LogP contribution < -0.4 is 0 Å². The van der Waals surface area contributed by atoms with Gasteiger partial charge in [-0.2, -0.15) is 13.2 Å². The summed E-state index contributed by atoms with van der Waals surface area (Å²) in [6.45, 7) is 1.34. The first-order valence-corrected chi connectivity index (χ1v) is 5.16. The summed E-state index contributed by atoms with van der Waals surface area (Å²) in [4.78, 5) is 11.4. The molecule has 0 N–H and O–H groups in total. The lowest BCUT2D eigenvalue weighted by molar-refractivity contribution is -0.137. The molecule has 0 aromatic heterocycles. The molecule has 0 heterocycles. The Kier molecular flexibility index (Phi) is 2.52. The van der Waals surface area contributed by atoms with Gasteiger partial charge in [0.05, 0.1) is 11.0 Å². The zero-order valence-corrected chi connectivity index (χ0v) is 9.07. The van der Waals surface area contributed by atoms with E-state index in [1.54, 1.807) is 0 Å². The molecule has 1 aliphatic carbocycles. The van der Waals surface area contributed by atoms with Gasteiger partial charge in [0.15, 0.2) is 0 Å². The molecule has 2 rings (SSSR count). The van der Waals surface area contributed by atoms with Crippen molar-refractivity contribution in [3.63, 3.8) is 0 Å². The Morgan fingerprint density at radius 2 is 1.88 bits per heavy atom. The summed E-state index contributed by atoms with van der Waals surface area (Å²) in [5, 5.41) is 0. The highest BCUT2D eigenvalue weighted by molar-refractivity contribution is 5.91. The van der Waals surface area contributed by atoms with Crippen molar-refractivity contribution in [1.29, 1.82) is 0 Å². The van der Waals surface area contributed by atoms with Crippen molar-refractivity contribution in [2.45, 2.75) is 31.4 Å². The fourth-order valence-corrected chi connectivity index (χ4v) is 2.02. The van der Waals surface area contributed by atoms with Gasteiger partial charge in [-0.3, -0.25) is 4.79 Å². The van der Waals surface area contributed by atoms with Crippen LogP contribution in [0.15, 0.2) is 18.2 Å². The molecule has 0 unspecified atom stereocenters. The first-order chi connectivity index (χ1) is 7.77. The van der Waals surface area contributed by atoms with Crippen LogP contribution in [0, 0.1) is 5.82 Å². The lowest BCUT2D eigenvalue weighted by Crippen LogP contribution is -2.19. The standard InChI is InChI=1S/C12H10F4O/c1-7(17)11(4-5-11)9-3-2-8(6-10(9)13)12(14,15)16/h2-3,6H,4-5H2,1H3. The second kappa shape index (κ2) is 3.55. The summed E-state index contributed by atoms with van der Waals surface area (Å²) < 4.78 is 50.6. The number of alkyl halides is 3. The molecule has 0 radical (unpaired) electrons. The van der Waals surface area contributed by atoms with Gasteiger partial charge in [-0.15, -0.1) is 0 Å². The molecule has 0 bridgehead atoms. The lowest BCUT2D eigenvalue weighted by atomic mass is 9.91. The number of hydrogen-bond acceptors (Lipinski definition) is 1. The summed E-state index contributed by atoms with van der Waals surface area (Å²) >= 11 is 0. The molecule has 92 valence electrons. The number of carbonyl (C=O) groups excluding carboxylic acids is 1. The molecular weight excluding hydrogens is 236 g/mol. The molecule has 1 fully saturated rings. The monoisotopic (exact) mass is 246 g/mol. The predicted molar refractivity (Wildman–Crippen MR) is 53.0 cm³/mol. The average molecular weight is 246 g/mol. The quantitative estimate of drug-likeness (QED) is 0.730. The van der Waals surface area contributed by atoms with Gasteiger partial charge in [-0.25, -0.2) is 4.39 Å². The van der Waals surface area contributed by atoms with Crippen molar-refractivity contribution in [3.8, 4) is 0 Å². The van der Waals surface area contributed by atoms with Gasteiger partial charge < -0.3 is 0 Å². The average Bonchev–Trinajstić information content (AvgIpc) is 2.96. The van der Waals surface area contributed by atoms with Crippen LogP contribution in [0.1, 0.15) is 30.9 Å². The maximum absolute atomic E-state index is 13.6. The first-order valence-electron chi connectivity index (χ1n) is 5.16. The Bertz CT molecular complexity index is 472. The zero-order valence-electron chi connectivity index (χ0n) is 9.07. The fourth-order valence-electron chi connectivity index (χ4n) is 2.02. The van der Waals surface area contributed by atoms with E-state index < -0.39 is 23.0 Å². The highest BCUT2D eigenvalue weighted by Crippen LogP contribution is 2.50. The summed E-state index contributed by atoms with van der Waals surface area (Å²) in [5.41, 5.74) is -1.83. The Labute approximate surface area is 95.4 Å². The molecule has 0 saturated heterocycles. The highest BCUT2D eigenvalue weighted by Gasteiger charge is 2.50. The second-order valence-electron chi connectivity index (χ2n) is 4.33. The molecule has 17 heavy (non-hydrogen) atoms. The van der Waals surface area contributed by atoms with Gasteiger partial charge in [-0.05, 0) is 31.9 Å². The van der Waals surface area contributed by atoms with E-state index in [1.807, 2.05) is 0 Å². The molecule has 0 amide bonds. The minimum atomic E-state index is -4.56. The lowest BCUT2D eigenvalue weighted by Gasteiger charge is -2.14. The molecule has 1 aliphatic rings. The van der Waals surface area contributed by atoms with Crippen LogP contribution in [0.3, 0.4) is 0 Å². The Hall–Kier alpha value is -1.39. The van der Waals surface area contributed by atoms with E-state index in [0.717, 1.165) is 12.1 Å². The zero-order chi connectivity index (χ0) is 12.8. The SMILES string of the molecule is CC(=O)C1(c2ccc(C(F)(F)F)cc2F)CC1. The van der Waals surface area contributed by atoms with Gasteiger partial charge in [0, 0.05) is 5.56 Å². The Balaban J connectivity index is 2.43. The molecule has 1 saturated carbocycles. The molecule has 0 atom stereocenters. The topological polar surface area (TPSA) is 17.1 Å². The predicted octanol–water partition coefficient (Wildman–Crippen LogP) is 3.47. The number of carbonyl (C=O) groups is 1. The van der Waals surface area contributed by atoms with E-state index in [-0.39, 0.29) is 11.3 Å². The molecular formula is C12H10F4O. The van der Waals surface area contributed by atoms with Crippen LogP contribution in [0.25, 0.3) is 0 Å². The third kappa shape index (κ3) is 1.94. The minimum Gasteiger partial charge on any atom is -0.299 e. The Morgan fingerprint density at radius 3 is 2.24 bits per heavy atom. The number of ketones is 1. The summed E-state index contributed by atoms with van der Waals surface area (Å²) in [6.07, 6.45) is -3.55. The number of halogens is 4. The van der Waals surface area contributed by atoms with Crippen molar-refractivity contribution in [2.75, 3.05) is 0 Å². The summed E-state index contributed by atoms with van der Waals surface area (Å²) in [5.74, 6) is -1.15. The van der Waals surface area contributed by atoms with Crippen molar-refractivity contribution in [1.82, 2.24) is 0 Å². The van der Waals surface area contributed by atoms with Crippen molar-refractivity contribution >= 4 is 5.78 Å². The molecule has 1 aromatic carbocycles. The van der Waals surface area contributed by atoms with Crippen molar-refractivity contribution in [2.24, 2.45) is 0 Å². The second-order valence-corrected chi connectivity index (χ2v) is 4.33. The maximum atomic E-state index is 13.6. The number of hydrogen-bond donors (Lipinski definition) is 0. The molecule has 0 spiro atoms. The minimum absolute atomic E-state index is 0.0815. The van der Waals surface area contributed by atoms with Crippen molar-refractivity contribution < 1.29 is 22.4 Å². The fraction of sp³-hybridized carbons (Fsp3) is 0.417. The number of benzene rings is 1. The van der Waals surface area contributed by atoms with Crippen LogP contribution in [-0.2, 0) is 16.4 Å². The summed E-state index contributed by atoms with van der Waals surface area (Å²) in [6, 6.07) is 2.35. The van der Waals surface area contributed by atoms with Gasteiger partial charge in [0.1, 0.15) is 11.6 Å². The van der Waals surface area contributed by atoms with Crippen LogP contribution in [0.4, 0.5) is 17.6 Å². The van der Waals surface area contributed by atoms with E-state index >= 15 is 0 Å². The molecule has 1 aromatic rings. The van der Waals surface area contributed by atoms with E-state index in [1.165, 1.54) is 6.92 Å². The van der Waals surface area contributed by atoms with Gasteiger partial charge >= 0.3 is 6.18 Å². The van der Waals surface area contributed by atoms with Gasteiger partial charge in [-0.1, -0.05) is 6.07 Å². The number of Topliss-reactive ketones (excluding diaryl/α,β-unsaturated/α-hetero) is 1. The van der Waals surface area contributed by atoms with E-state index in [2.05, 4.69) is 0 Å². The normalized spacial score (nSPS) is 17.9. The summed E-state index contributed by atoms with van der Waals surface area (Å²) in [7, 11) is 0. The van der Waals surface area contributed by atoms with Gasteiger partial charge in [0.25, 0.3) is 0 Å². The molecule has 0 aliphatic heterocycles. The van der Waals surface area contributed by atoms with E-state index in [4.69, 9.17) is 0 Å². The van der Waals surface area contributed by atoms with E-state index in [9.17, 15) is 22.4 Å². The van der Waals surface area contributed by atoms with Gasteiger partial charge in [0.2, 0.25) is 0 Å². The van der Waals surface area contributed by atoms with Crippen LogP contribution in [-0.4, -0.2) is 5.78 Å². The largest absolute Gasteiger partial charge is 0.416 e. The highest BCUT2D eigenvalue weighted by atomic mass is 19.4. The van der Waals surface area contributed by atoms with Crippen LogP contribution in [0.5, 0.6) is 0 Å². The third-order valence-electron chi connectivity index (χ3n) is 3.24. The molecule has 1 nitrogen and oxygen atoms in total. The first kappa shape index (κ1) is 12.1. The van der Waals surface area contributed by atoms with E-state index in [0.29, 0.717) is 18.9 Å². The third-order valence-corrected chi connectivity index (χ3v) is 3.24. The molecule has 5 heteroatoms. The van der Waals surface area contributed by atoms with Crippen LogP contribution in [0.2, 0.25) is 0 Å². The maximum Gasteiger partial charge on any atom is 0.416 e. The van der Waals surface area contributed by atoms with Crippen LogP contribution >= 0.6 is 0 Å². The number of rotatable bonds is 2. The Morgan fingerprint density at radius 1 is 1.29 bits per heavy atom. The van der Waals surface area contributed by atoms with Crippen molar-refractivity contribution in [3.05, 3.63) is 35.1 Å².